The molecule has 0 unspecified atom stereocenters. The van der Waals surface area contributed by atoms with Gasteiger partial charge in [-0.1, -0.05) is 0 Å². The molecule has 0 radical (unpaired) electrons. The molecule has 0 atom stereocenters. The van der Waals surface area contributed by atoms with E-state index in [4.69, 9.17) is 13.7 Å². The van der Waals surface area contributed by atoms with E-state index in [1.807, 2.05) is 0 Å². The molecule has 0 aliphatic carbocycles. The minimum atomic E-state index is -4.76. The molecular weight excluding hydrogens is 312 g/mol. The zero-order valence-corrected chi connectivity index (χ0v) is 11.8. The highest BCUT2D eigenvalue weighted by molar-refractivity contribution is 7.88. The van der Waals surface area contributed by atoms with Crippen LogP contribution in [0.2, 0.25) is 0 Å². The second kappa shape index (κ2) is 5.38. The quantitative estimate of drug-likeness (QED) is 0.507. The molecule has 0 aromatic heterocycles. The van der Waals surface area contributed by atoms with Gasteiger partial charge in [-0.25, -0.2) is 0 Å². The maximum Gasteiger partial charge on any atom is 0.270 e. The topological polar surface area (TPSA) is 163 Å². The molecule has 0 saturated heterocycles. The summed E-state index contributed by atoms with van der Waals surface area (Å²) >= 11 is 0. The Morgan fingerprint density at radius 2 is 1.06 bits per heavy atom. The van der Waals surface area contributed by atoms with E-state index in [-0.39, 0.29) is 0 Å². The van der Waals surface area contributed by atoms with Gasteiger partial charge in [0.05, 0.1) is 16.3 Å². The van der Waals surface area contributed by atoms with Gasteiger partial charge in [-0.15, -0.1) is 0 Å². The average molecular weight is 326 g/mol. The maximum absolute atomic E-state index is 11.1. The van der Waals surface area contributed by atoms with Crippen molar-refractivity contribution in [3.8, 4) is 0 Å². The maximum atomic E-state index is 11.1. The second-order valence-corrected chi connectivity index (χ2v) is 9.08. The van der Waals surface area contributed by atoms with E-state index in [1.165, 1.54) is 0 Å². The van der Waals surface area contributed by atoms with Crippen LogP contribution in [0.15, 0.2) is 0 Å². The van der Waals surface area contributed by atoms with Crippen molar-refractivity contribution in [2.24, 2.45) is 0 Å². The van der Waals surface area contributed by atoms with Crippen molar-refractivity contribution in [1.82, 2.24) is 0 Å². The third-order valence-electron chi connectivity index (χ3n) is 2.40. The molecule has 0 aromatic carbocycles. The van der Waals surface area contributed by atoms with E-state index in [1.54, 1.807) is 0 Å². The van der Waals surface area contributed by atoms with Gasteiger partial charge in [-0.3, -0.25) is 13.7 Å². The lowest BCUT2D eigenvalue weighted by Crippen LogP contribution is -2.38. The molecule has 110 valence electrons. The molecule has 0 saturated carbocycles. The summed E-state index contributed by atoms with van der Waals surface area (Å²) in [6, 6.07) is 0. The lowest BCUT2D eigenvalue weighted by molar-refractivity contribution is 0.412. The standard InChI is InChI=1S/C6H14O9S3/c1-6(18(13,14)15,2-4-16(7,8)9)3-5-17(10,11)12/h2-5H2,1H3,(H,7,8,9)(H,10,11,12)(H,13,14,15). The average Bonchev–Trinajstić information content (AvgIpc) is 2.07. The fourth-order valence-corrected chi connectivity index (χ4v) is 3.47. The first-order valence-electron chi connectivity index (χ1n) is 4.54. The van der Waals surface area contributed by atoms with Crippen LogP contribution in [0.3, 0.4) is 0 Å². The first kappa shape index (κ1) is 17.7. The van der Waals surface area contributed by atoms with Crippen molar-refractivity contribution in [2.45, 2.75) is 24.5 Å². The van der Waals surface area contributed by atoms with Crippen LogP contribution in [-0.2, 0) is 30.4 Å². The summed E-state index contributed by atoms with van der Waals surface area (Å²) in [4.78, 5) is 0. The molecule has 0 rings (SSSR count). The number of hydrogen-bond donors (Lipinski definition) is 3. The SMILES string of the molecule is CC(CCS(=O)(=O)O)(CCS(=O)(=O)O)S(=O)(=O)O. The van der Waals surface area contributed by atoms with Gasteiger partial charge < -0.3 is 0 Å². The Morgan fingerprint density at radius 1 is 0.778 bits per heavy atom. The predicted octanol–water partition coefficient (Wildman–Crippen LogP) is -0.811. The van der Waals surface area contributed by atoms with Gasteiger partial charge in [0.2, 0.25) is 0 Å². The summed E-state index contributed by atoms with van der Waals surface area (Å²) in [6.07, 6.45) is -1.42. The highest BCUT2D eigenvalue weighted by atomic mass is 32.2. The molecule has 0 fully saturated rings. The molecule has 0 heterocycles. The van der Waals surface area contributed by atoms with E-state index in [0.717, 1.165) is 6.92 Å². The Labute approximate surface area is 105 Å². The minimum absolute atomic E-state index is 0.708. The molecule has 0 aliphatic rings. The Morgan fingerprint density at radius 3 is 1.22 bits per heavy atom. The number of rotatable bonds is 7. The van der Waals surface area contributed by atoms with Crippen molar-refractivity contribution in [3.63, 3.8) is 0 Å². The Bertz CT molecular complexity index is 546. The molecule has 0 bridgehead atoms. The van der Waals surface area contributed by atoms with Crippen LogP contribution in [0.1, 0.15) is 19.8 Å². The lowest BCUT2D eigenvalue weighted by atomic mass is 10.1. The zero-order chi connectivity index (χ0) is 14.8. The van der Waals surface area contributed by atoms with Crippen LogP contribution >= 0.6 is 0 Å². The summed E-state index contributed by atoms with van der Waals surface area (Å²) in [5, 5.41) is 0. The first-order valence-corrected chi connectivity index (χ1v) is 9.19. The third kappa shape index (κ3) is 6.61. The highest BCUT2D eigenvalue weighted by Gasteiger charge is 2.39. The molecule has 3 N–H and O–H groups in total. The van der Waals surface area contributed by atoms with Crippen molar-refractivity contribution in [1.29, 1.82) is 0 Å². The van der Waals surface area contributed by atoms with E-state index < -0.39 is 59.4 Å². The predicted molar refractivity (Wildman–Crippen MR) is 62.0 cm³/mol. The van der Waals surface area contributed by atoms with Crippen LogP contribution in [-0.4, -0.2) is 55.2 Å². The van der Waals surface area contributed by atoms with E-state index in [9.17, 15) is 25.3 Å². The molecule has 18 heavy (non-hydrogen) atoms. The monoisotopic (exact) mass is 326 g/mol. The molecule has 0 aromatic rings. The highest BCUT2D eigenvalue weighted by Crippen LogP contribution is 2.26. The Hall–Kier alpha value is -0.270. The summed E-state index contributed by atoms with van der Waals surface area (Å²) < 4.78 is 88.1. The largest absolute Gasteiger partial charge is 0.286 e. The molecule has 9 nitrogen and oxygen atoms in total. The molecule has 0 spiro atoms. The van der Waals surface area contributed by atoms with E-state index >= 15 is 0 Å². The Kier molecular flexibility index (Phi) is 5.30. The lowest BCUT2D eigenvalue weighted by Gasteiger charge is -2.24. The zero-order valence-electron chi connectivity index (χ0n) is 9.34. The molecule has 0 amide bonds. The fraction of sp³-hybridized carbons (Fsp3) is 1.00. The van der Waals surface area contributed by atoms with E-state index in [0.29, 0.717) is 0 Å². The van der Waals surface area contributed by atoms with Gasteiger partial charge >= 0.3 is 0 Å². The van der Waals surface area contributed by atoms with Gasteiger partial charge in [0.25, 0.3) is 30.4 Å². The first-order chi connectivity index (χ1) is 7.66. The van der Waals surface area contributed by atoms with Crippen molar-refractivity contribution < 1.29 is 38.9 Å². The summed E-state index contributed by atoms with van der Waals surface area (Å²) in [5.41, 5.74) is 0. The smallest absolute Gasteiger partial charge is 0.270 e. The van der Waals surface area contributed by atoms with Gasteiger partial charge in [0, 0.05) is 0 Å². The van der Waals surface area contributed by atoms with Gasteiger partial charge in [-0.2, -0.15) is 25.3 Å². The van der Waals surface area contributed by atoms with Crippen molar-refractivity contribution in [3.05, 3.63) is 0 Å². The van der Waals surface area contributed by atoms with Gasteiger partial charge in [-0.05, 0) is 19.8 Å². The summed E-state index contributed by atoms with van der Waals surface area (Å²) in [6.45, 7) is 0.915. The van der Waals surface area contributed by atoms with Crippen LogP contribution in [0.4, 0.5) is 0 Å². The second-order valence-electron chi connectivity index (χ2n) is 4.00. The third-order valence-corrected chi connectivity index (χ3v) is 5.49. The molecule has 12 heteroatoms. The fourth-order valence-electron chi connectivity index (χ4n) is 1.07. The molecule has 0 aliphatic heterocycles. The van der Waals surface area contributed by atoms with Crippen LogP contribution < -0.4 is 0 Å². The minimum Gasteiger partial charge on any atom is -0.286 e. The van der Waals surface area contributed by atoms with Gasteiger partial charge in [0.1, 0.15) is 0 Å². The van der Waals surface area contributed by atoms with Crippen LogP contribution in [0.5, 0.6) is 0 Å². The van der Waals surface area contributed by atoms with Crippen LogP contribution in [0.25, 0.3) is 0 Å². The summed E-state index contributed by atoms with van der Waals surface area (Å²) in [7, 11) is -13.7. The van der Waals surface area contributed by atoms with Crippen molar-refractivity contribution in [2.75, 3.05) is 11.5 Å². The molecular formula is C6H14O9S3. The summed E-state index contributed by atoms with van der Waals surface area (Å²) in [5.74, 6) is -1.93. The Balaban J connectivity index is 5.10. The number of hydrogen-bond acceptors (Lipinski definition) is 6. The van der Waals surface area contributed by atoms with E-state index in [2.05, 4.69) is 0 Å². The van der Waals surface area contributed by atoms with Gasteiger partial charge in [0.15, 0.2) is 0 Å². The normalized spacial score (nSPS) is 14.7. The van der Waals surface area contributed by atoms with Crippen molar-refractivity contribution >= 4 is 30.4 Å². The van der Waals surface area contributed by atoms with Crippen LogP contribution in [0, 0.1) is 0 Å².